The number of ether oxygens (including phenoxy) is 9. The molecule has 1 unspecified atom stereocenters. The number of aromatic nitrogens is 6. The maximum Gasteiger partial charge on any atom is 0.251 e. The molecule has 84 heavy (non-hydrogen) atoms. The fourth-order valence-electron chi connectivity index (χ4n) is 10.1. The van der Waals surface area contributed by atoms with Crippen molar-refractivity contribution >= 4 is 57.7 Å². The van der Waals surface area contributed by atoms with Crippen LogP contribution in [-0.2, 0) is 42.7 Å². The van der Waals surface area contributed by atoms with Crippen LogP contribution in [0.4, 0.5) is 29.0 Å². The number of methoxy groups -OCH3 is 1. The second-order valence-corrected chi connectivity index (χ2v) is 20.1. The van der Waals surface area contributed by atoms with E-state index in [1.807, 2.05) is 64.2 Å². The molecule has 9 rings (SSSR count). The Morgan fingerprint density at radius 3 is 2.06 bits per heavy atom. The number of hydrogen-bond acceptors (Lipinski definition) is 20. The largest absolute Gasteiger partial charge is 0.495 e. The zero-order chi connectivity index (χ0) is 58.3. The van der Waals surface area contributed by atoms with Gasteiger partial charge in [0.15, 0.2) is 11.5 Å². The Kier molecular flexibility index (Phi) is 22.9. The first-order chi connectivity index (χ1) is 41.2. The van der Waals surface area contributed by atoms with Gasteiger partial charge >= 0.3 is 0 Å². The summed E-state index contributed by atoms with van der Waals surface area (Å²) in [4.78, 5) is 62.6. The lowest BCUT2D eigenvalue weighted by Gasteiger charge is -2.37. The lowest BCUT2D eigenvalue weighted by atomic mass is 10.1. The smallest absolute Gasteiger partial charge is 0.251 e. The minimum absolute atomic E-state index is 0.0196. The van der Waals surface area contributed by atoms with Crippen LogP contribution in [0.1, 0.15) is 54.9 Å². The number of anilines is 5. The average molecular weight is 1160 g/mol. The Balaban J connectivity index is 0.545. The number of carbonyl (C=O) groups excluding carboxylic acids is 3. The Labute approximate surface area is 488 Å². The third kappa shape index (κ3) is 16.9. The van der Waals surface area contributed by atoms with Gasteiger partial charge < -0.3 is 73.7 Å². The van der Waals surface area contributed by atoms with Crippen LogP contribution >= 0.6 is 0 Å². The summed E-state index contributed by atoms with van der Waals surface area (Å²) in [5, 5.41) is 11.8. The molecule has 1 saturated heterocycles. The molecule has 448 valence electrons. The monoisotopic (exact) mass is 1160 g/mol. The highest BCUT2D eigenvalue weighted by molar-refractivity contribution is 6.02. The average Bonchev–Trinajstić information content (AvgIpc) is 3.03. The summed E-state index contributed by atoms with van der Waals surface area (Å²) < 4.78 is 52.7. The fraction of sp³-hybridized carbons (Fsp3) is 0.467. The van der Waals surface area contributed by atoms with Gasteiger partial charge in [-0.3, -0.25) is 14.4 Å². The Morgan fingerprint density at radius 1 is 0.738 bits per heavy atom. The molecule has 3 aromatic carbocycles. The number of fused-ring (bicyclic) bond motifs is 2. The Bertz CT molecular complexity index is 3090. The number of amides is 3. The lowest BCUT2D eigenvalue weighted by Crippen LogP contribution is -2.48. The number of rotatable bonds is 33. The van der Waals surface area contributed by atoms with Crippen molar-refractivity contribution in [1.29, 1.82) is 0 Å². The zero-order valence-electron chi connectivity index (χ0n) is 47.9. The van der Waals surface area contributed by atoms with Crippen LogP contribution in [0.2, 0.25) is 0 Å². The van der Waals surface area contributed by atoms with E-state index < -0.39 is 0 Å². The molecule has 6 aromatic rings. The number of piperidine rings is 1. The molecule has 0 spiro atoms. The number of para-hydroxylation sites is 1. The molecule has 0 bridgehead atoms. The number of hydrogen-bond donors (Lipinski definition) is 3. The molecular formula is C60H76N12O12. The molecule has 3 aromatic heterocycles. The molecule has 4 N–H and O–H groups in total. The molecule has 2 aliphatic heterocycles. The Hall–Kier alpha value is -7.84. The fourth-order valence-corrected chi connectivity index (χ4v) is 10.1. The summed E-state index contributed by atoms with van der Waals surface area (Å²) in [5.74, 6) is 3.01. The molecular weight excluding hydrogens is 1080 g/mol. The number of nitrogens with zero attached hydrogens (tertiary/aromatic N) is 9. The minimum atomic E-state index is -0.264. The molecule has 3 amide bonds. The highest BCUT2D eigenvalue weighted by Gasteiger charge is 2.35. The Morgan fingerprint density at radius 2 is 1.38 bits per heavy atom. The highest BCUT2D eigenvalue weighted by atomic mass is 16.6. The first-order valence-electron chi connectivity index (χ1n) is 28.7. The van der Waals surface area contributed by atoms with Gasteiger partial charge in [-0.1, -0.05) is 37.1 Å². The van der Waals surface area contributed by atoms with E-state index >= 15 is 0 Å². The third-order valence-corrected chi connectivity index (χ3v) is 14.5. The molecule has 24 heteroatoms. The topological polar surface area (TPSA) is 263 Å². The standard InChI is InChI=1S/C60H76N12O12/c1-69-50-39-63-60(67-57(50)71(41-53(69)74)45-10-6-7-11-45)66-49-21-18-44(38-51(49)76-2)59(75)62-22-25-78-27-29-80-31-33-82-35-37-83-36-34-81-32-30-79-28-26-77-24-9-15-52(73)70-23-8-12-46(40-70)72-58-54(56(61)64-42-65-58)55(68-72)43-16-19-48(20-17-43)84-47-13-4-3-5-14-47/h3-5,9,13-21,38-39,42,45-46H,6-8,10-12,22-37,40-41H2,1-2H3,(H,62,75)(H2,61,64,65)(H,63,66,67)/b15-9+. The summed E-state index contributed by atoms with van der Waals surface area (Å²) in [7, 11) is 3.28. The van der Waals surface area contributed by atoms with Crippen LogP contribution in [0.15, 0.2) is 97.5 Å². The van der Waals surface area contributed by atoms with E-state index in [1.54, 1.807) is 48.5 Å². The van der Waals surface area contributed by atoms with E-state index in [2.05, 4.69) is 30.5 Å². The molecule has 3 aliphatic rings. The third-order valence-electron chi connectivity index (χ3n) is 14.5. The highest BCUT2D eigenvalue weighted by Crippen LogP contribution is 2.38. The van der Waals surface area contributed by atoms with Crippen LogP contribution in [0.25, 0.3) is 22.3 Å². The molecule has 1 atom stereocenters. The second kappa shape index (κ2) is 31.7. The van der Waals surface area contributed by atoms with E-state index in [-0.39, 0.29) is 43.0 Å². The number of nitrogens with two attached hydrogens (primary N) is 1. The molecule has 5 heterocycles. The number of likely N-dealkylation sites (tertiary alicyclic amines) is 1. The number of likely N-dealkylation sites (N-methyl/N-ethyl adjacent to an activating group) is 1. The van der Waals surface area contributed by atoms with Crippen molar-refractivity contribution in [3.63, 3.8) is 0 Å². The van der Waals surface area contributed by atoms with Crippen molar-refractivity contribution in [2.45, 2.75) is 50.6 Å². The van der Waals surface area contributed by atoms with Crippen LogP contribution in [0, 0.1) is 0 Å². The zero-order valence-corrected chi connectivity index (χ0v) is 47.9. The summed E-state index contributed by atoms with van der Waals surface area (Å²) in [5.41, 5.74) is 10.3. The van der Waals surface area contributed by atoms with Gasteiger partial charge in [-0.05, 0) is 80.3 Å². The van der Waals surface area contributed by atoms with Crippen LogP contribution in [0.3, 0.4) is 0 Å². The van der Waals surface area contributed by atoms with Gasteiger partial charge in [0.2, 0.25) is 17.8 Å². The predicted octanol–water partition coefficient (Wildman–Crippen LogP) is 6.40. The lowest BCUT2D eigenvalue weighted by molar-refractivity contribution is -0.127. The molecule has 0 radical (unpaired) electrons. The summed E-state index contributed by atoms with van der Waals surface area (Å²) in [6.07, 6.45) is 12.4. The minimum Gasteiger partial charge on any atom is -0.495 e. The summed E-state index contributed by atoms with van der Waals surface area (Å²) in [6.45, 7) is 7.29. The number of carbonyl (C=O) groups is 3. The van der Waals surface area contributed by atoms with E-state index in [4.69, 9.17) is 58.4 Å². The SMILES string of the molecule is COc1cc(C(=O)NCCOCCOCCOCCOCCOCCOCCOC/C=C/C(=O)N2CCCC(n3nc(-c4ccc(Oc5ccccc5)cc4)c4c(N)ncnc43)C2)ccc1Nc1ncc2c(n1)N(C1CCCC1)CC(=O)N2C. The van der Waals surface area contributed by atoms with Crippen molar-refractivity contribution in [2.24, 2.45) is 0 Å². The molecule has 2 fully saturated rings. The maximum atomic E-state index is 13.2. The number of benzene rings is 3. The molecule has 24 nitrogen and oxygen atoms in total. The predicted molar refractivity (Wildman–Crippen MR) is 315 cm³/mol. The van der Waals surface area contributed by atoms with E-state index in [1.165, 1.54) is 13.4 Å². The molecule has 1 saturated carbocycles. The molecule has 1 aliphatic carbocycles. The van der Waals surface area contributed by atoms with Gasteiger partial charge in [0.25, 0.3) is 5.91 Å². The van der Waals surface area contributed by atoms with Crippen LogP contribution in [0.5, 0.6) is 17.2 Å². The van der Waals surface area contributed by atoms with E-state index in [0.29, 0.717) is 162 Å². The van der Waals surface area contributed by atoms with Crippen molar-refractivity contribution in [3.8, 4) is 28.5 Å². The van der Waals surface area contributed by atoms with Gasteiger partial charge in [-0.25, -0.2) is 19.6 Å². The van der Waals surface area contributed by atoms with Crippen LogP contribution in [-0.4, -0.2) is 191 Å². The van der Waals surface area contributed by atoms with E-state index in [9.17, 15) is 14.4 Å². The van der Waals surface area contributed by atoms with Crippen LogP contribution < -0.4 is 35.6 Å². The van der Waals surface area contributed by atoms with E-state index in [0.717, 1.165) is 55.7 Å². The van der Waals surface area contributed by atoms with Gasteiger partial charge in [0, 0.05) is 49.9 Å². The van der Waals surface area contributed by atoms with Gasteiger partial charge in [0.05, 0.1) is 129 Å². The first-order valence-corrected chi connectivity index (χ1v) is 28.7. The van der Waals surface area contributed by atoms with Crippen molar-refractivity contribution in [1.82, 2.24) is 39.9 Å². The van der Waals surface area contributed by atoms with Gasteiger partial charge in [0.1, 0.15) is 40.8 Å². The summed E-state index contributed by atoms with van der Waals surface area (Å²) >= 11 is 0. The number of nitrogen functional groups attached to an aromatic ring is 1. The normalized spacial score (nSPS) is 15.5. The van der Waals surface area contributed by atoms with Crippen molar-refractivity contribution in [3.05, 3.63) is 103 Å². The second-order valence-electron chi connectivity index (χ2n) is 20.1. The maximum absolute atomic E-state index is 13.2. The number of nitrogens with one attached hydrogen (secondary N) is 2. The van der Waals surface area contributed by atoms with Crippen molar-refractivity contribution < 1.29 is 57.0 Å². The summed E-state index contributed by atoms with van der Waals surface area (Å²) in [6, 6.07) is 22.6. The van der Waals surface area contributed by atoms with Gasteiger partial charge in [-0.2, -0.15) is 10.1 Å². The first kappa shape index (κ1) is 60.7. The quantitative estimate of drug-likeness (QED) is 0.0297. The van der Waals surface area contributed by atoms with Gasteiger partial charge in [-0.15, -0.1) is 0 Å². The van der Waals surface area contributed by atoms with Crippen molar-refractivity contribution in [2.75, 3.05) is 154 Å².